The number of halogens is 1. The lowest BCUT2D eigenvalue weighted by atomic mass is 9.78. The minimum Gasteiger partial charge on any atom is -0.372 e. The first-order valence-electron chi connectivity index (χ1n) is 6.80. The van der Waals surface area contributed by atoms with Gasteiger partial charge in [-0.3, -0.25) is 0 Å². The molecule has 0 aromatic carbocycles. The quantitative estimate of drug-likeness (QED) is 0.822. The molecule has 1 fully saturated rings. The fourth-order valence-electron chi connectivity index (χ4n) is 2.91. The summed E-state index contributed by atoms with van der Waals surface area (Å²) in [7, 11) is 3.68. The summed E-state index contributed by atoms with van der Waals surface area (Å²) in [4.78, 5) is 9.40. The average molecular weight is 375 g/mol. The SMILES string of the molecule is CNc1nc(C2(OC)CCCC(C)C2)nc(C)c1I. The summed E-state index contributed by atoms with van der Waals surface area (Å²) >= 11 is 2.29. The molecule has 2 rings (SSSR count). The van der Waals surface area contributed by atoms with E-state index in [2.05, 4.69) is 34.8 Å². The summed E-state index contributed by atoms with van der Waals surface area (Å²) in [6.07, 6.45) is 4.47. The van der Waals surface area contributed by atoms with Gasteiger partial charge in [0.25, 0.3) is 0 Å². The Hall–Kier alpha value is -0.430. The van der Waals surface area contributed by atoms with E-state index in [1.807, 2.05) is 14.0 Å². The van der Waals surface area contributed by atoms with Crippen molar-refractivity contribution in [3.63, 3.8) is 0 Å². The lowest BCUT2D eigenvalue weighted by Gasteiger charge is -2.37. The molecule has 1 aromatic rings. The van der Waals surface area contributed by atoms with Crippen molar-refractivity contribution in [1.82, 2.24) is 9.97 Å². The van der Waals surface area contributed by atoms with Gasteiger partial charge in [0.2, 0.25) is 0 Å². The predicted molar refractivity (Wildman–Crippen MR) is 85.4 cm³/mol. The molecule has 0 radical (unpaired) electrons. The number of nitrogens with zero attached hydrogens (tertiary/aromatic N) is 2. The fourth-order valence-corrected chi connectivity index (χ4v) is 3.42. The minimum atomic E-state index is -0.307. The zero-order chi connectivity index (χ0) is 14.0. The van der Waals surface area contributed by atoms with Crippen LogP contribution in [0.1, 0.15) is 44.1 Å². The molecule has 1 aromatic heterocycles. The summed E-state index contributed by atoms with van der Waals surface area (Å²) in [5.41, 5.74) is 0.711. The second kappa shape index (κ2) is 5.91. The molecule has 0 saturated heterocycles. The van der Waals surface area contributed by atoms with Gasteiger partial charge >= 0.3 is 0 Å². The van der Waals surface area contributed by atoms with Gasteiger partial charge in [-0.05, 0) is 54.7 Å². The van der Waals surface area contributed by atoms with E-state index in [4.69, 9.17) is 14.7 Å². The number of nitrogens with one attached hydrogen (secondary N) is 1. The van der Waals surface area contributed by atoms with E-state index in [0.717, 1.165) is 33.7 Å². The van der Waals surface area contributed by atoms with Crippen LogP contribution in [0.15, 0.2) is 0 Å². The van der Waals surface area contributed by atoms with Crippen LogP contribution in [-0.2, 0) is 10.3 Å². The van der Waals surface area contributed by atoms with Crippen molar-refractivity contribution in [3.8, 4) is 0 Å². The zero-order valence-electron chi connectivity index (χ0n) is 12.1. The largest absolute Gasteiger partial charge is 0.372 e. The van der Waals surface area contributed by atoms with E-state index in [0.29, 0.717) is 5.92 Å². The molecule has 0 aliphatic heterocycles. The van der Waals surface area contributed by atoms with Gasteiger partial charge in [0.1, 0.15) is 11.4 Å². The van der Waals surface area contributed by atoms with Crippen molar-refractivity contribution >= 4 is 28.4 Å². The van der Waals surface area contributed by atoms with Crippen LogP contribution in [0.4, 0.5) is 5.82 Å². The summed E-state index contributed by atoms with van der Waals surface area (Å²) < 4.78 is 6.96. The molecule has 1 aliphatic rings. The maximum atomic E-state index is 5.87. The number of methoxy groups -OCH3 is 1. The maximum Gasteiger partial charge on any atom is 0.162 e. The van der Waals surface area contributed by atoms with Crippen molar-refractivity contribution in [2.75, 3.05) is 19.5 Å². The zero-order valence-corrected chi connectivity index (χ0v) is 14.2. The molecule has 5 heteroatoms. The monoisotopic (exact) mass is 375 g/mol. The molecule has 106 valence electrons. The molecular formula is C14H22IN3O. The number of anilines is 1. The van der Waals surface area contributed by atoms with Gasteiger partial charge in [0, 0.05) is 14.2 Å². The van der Waals surface area contributed by atoms with E-state index < -0.39 is 0 Å². The van der Waals surface area contributed by atoms with E-state index in [9.17, 15) is 0 Å². The number of aryl methyl sites for hydroxylation is 1. The van der Waals surface area contributed by atoms with Gasteiger partial charge in [-0.15, -0.1) is 0 Å². The highest BCUT2D eigenvalue weighted by Crippen LogP contribution is 2.41. The summed E-state index contributed by atoms with van der Waals surface area (Å²) in [6.45, 7) is 4.31. The molecule has 19 heavy (non-hydrogen) atoms. The highest BCUT2D eigenvalue weighted by atomic mass is 127. The lowest BCUT2D eigenvalue weighted by Crippen LogP contribution is -2.36. The first-order chi connectivity index (χ1) is 9.02. The molecule has 0 spiro atoms. The van der Waals surface area contributed by atoms with Crippen molar-refractivity contribution in [1.29, 1.82) is 0 Å². The summed E-state index contributed by atoms with van der Waals surface area (Å²) in [5.74, 6) is 2.40. The third-order valence-corrected chi connectivity index (χ3v) is 5.30. The third kappa shape index (κ3) is 2.86. The van der Waals surface area contributed by atoms with Gasteiger partial charge in [0.15, 0.2) is 5.82 Å². The number of rotatable bonds is 3. The molecule has 4 nitrogen and oxygen atoms in total. The molecule has 0 amide bonds. The van der Waals surface area contributed by atoms with Crippen LogP contribution in [-0.4, -0.2) is 24.1 Å². The number of ether oxygens (including phenoxy) is 1. The fraction of sp³-hybridized carbons (Fsp3) is 0.714. The van der Waals surface area contributed by atoms with Crippen LogP contribution in [0.2, 0.25) is 0 Å². The molecule has 2 unspecified atom stereocenters. The van der Waals surface area contributed by atoms with Gasteiger partial charge in [-0.2, -0.15) is 0 Å². The number of aromatic nitrogens is 2. The second-order valence-corrected chi connectivity index (χ2v) is 6.52. The molecule has 2 atom stereocenters. The Morgan fingerprint density at radius 3 is 2.74 bits per heavy atom. The lowest BCUT2D eigenvalue weighted by molar-refractivity contribution is -0.0646. The Balaban J connectivity index is 2.46. The Morgan fingerprint density at radius 2 is 2.16 bits per heavy atom. The minimum absolute atomic E-state index is 0.307. The van der Waals surface area contributed by atoms with E-state index in [-0.39, 0.29) is 5.60 Å². The summed E-state index contributed by atoms with van der Waals surface area (Å²) in [5, 5.41) is 3.15. The highest BCUT2D eigenvalue weighted by molar-refractivity contribution is 14.1. The van der Waals surface area contributed by atoms with Crippen molar-refractivity contribution in [3.05, 3.63) is 15.1 Å². The molecule has 0 bridgehead atoms. The topological polar surface area (TPSA) is 47.0 Å². The van der Waals surface area contributed by atoms with E-state index in [1.165, 1.54) is 12.8 Å². The molecule has 1 N–H and O–H groups in total. The van der Waals surface area contributed by atoms with Crippen LogP contribution in [0, 0.1) is 16.4 Å². The first kappa shape index (κ1) is 15.0. The van der Waals surface area contributed by atoms with Crippen molar-refractivity contribution in [2.24, 2.45) is 5.92 Å². The van der Waals surface area contributed by atoms with Crippen LogP contribution in [0.5, 0.6) is 0 Å². The summed E-state index contributed by atoms with van der Waals surface area (Å²) in [6, 6.07) is 0. The van der Waals surface area contributed by atoms with Crippen molar-refractivity contribution in [2.45, 2.75) is 45.1 Å². The first-order valence-corrected chi connectivity index (χ1v) is 7.88. The van der Waals surface area contributed by atoms with Gasteiger partial charge < -0.3 is 10.1 Å². The Labute approximate surface area is 128 Å². The normalized spacial score (nSPS) is 27.3. The van der Waals surface area contributed by atoms with Crippen LogP contribution >= 0.6 is 22.6 Å². The molecule has 1 saturated carbocycles. The molecule has 1 heterocycles. The van der Waals surface area contributed by atoms with Crippen molar-refractivity contribution < 1.29 is 4.74 Å². The van der Waals surface area contributed by atoms with Crippen LogP contribution < -0.4 is 5.32 Å². The predicted octanol–water partition coefficient (Wildman–Crippen LogP) is 3.48. The molecule has 1 aliphatic carbocycles. The second-order valence-electron chi connectivity index (χ2n) is 5.45. The Kier molecular flexibility index (Phi) is 4.66. The smallest absolute Gasteiger partial charge is 0.162 e. The highest BCUT2D eigenvalue weighted by Gasteiger charge is 2.39. The van der Waals surface area contributed by atoms with Crippen LogP contribution in [0.3, 0.4) is 0 Å². The van der Waals surface area contributed by atoms with Gasteiger partial charge in [0.05, 0.1) is 9.26 Å². The van der Waals surface area contributed by atoms with Crippen LogP contribution in [0.25, 0.3) is 0 Å². The molecular weight excluding hydrogens is 353 g/mol. The Morgan fingerprint density at radius 1 is 1.42 bits per heavy atom. The Bertz CT molecular complexity index is 466. The maximum absolute atomic E-state index is 5.87. The average Bonchev–Trinajstić information content (AvgIpc) is 2.41. The van der Waals surface area contributed by atoms with E-state index in [1.54, 1.807) is 7.11 Å². The van der Waals surface area contributed by atoms with Gasteiger partial charge in [-0.25, -0.2) is 9.97 Å². The number of hydrogen-bond donors (Lipinski definition) is 1. The third-order valence-electron chi connectivity index (χ3n) is 4.01. The number of hydrogen-bond acceptors (Lipinski definition) is 4. The standard InChI is InChI=1S/C14H22IN3O/c1-9-6-5-7-14(8-9,19-4)13-17-10(2)11(15)12(16-3)18-13/h9H,5-8H2,1-4H3,(H,16,17,18). The van der Waals surface area contributed by atoms with Gasteiger partial charge in [-0.1, -0.05) is 13.3 Å². The van der Waals surface area contributed by atoms with E-state index >= 15 is 0 Å².